The molecule has 38 heavy (non-hydrogen) atoms. The van der Waals surface area contributed by atoms with Gasteiger partial charge in [-0.15, -0.1) is 0 Å². The lowest BCUT2D eigenvalue weighted by Crippen LogP contribution is -2.57. The molecule has 8 rings (SSSR count). The maximum Gasteiger partial charge on any atom is 0.319 e. The highest BCUT2D eigenvalue weighted by atomic mass is 16.5. The van der Waals surface area contributed by atoms with E-state index in [-0.39, 0.29) is 24.3 Å². The van der Waals surface area contributed by atoms with Crippen molar-refractivity contribution in [2.24, 2.45) is 22.1 Å². The predicted octanol–water partition coefficient (Wildman–Crippen LogP) is 2.92. The average Bonchev–Trinajstić information content (AvgIpc) is 3.58. The first-order chi connectivity index (χ1) is 18.4. The van der Waals surface area contributed by atoms with Crippen LogP contribution in [0.15, 0.2) is 29.3 Å². The van der Waals surface area contributed by atoms with Crippen LogP contribution in [0.25, 0.3) is 10.9 Å². The molecule has 1 aromatic carbocycles. The van der Waals surface area contributed by atoms with Crippen LogP contribution in [-0.4, -0.2) is 57.3 Å². The fourth-order valence-electron chi connectivity index (χ4n) is 5.84. The van der Waals surface area contributed by atoms with E-state index in [4.69, 9.17) is 30.9 Å². The van der Waals surface area contributed by atoms with E-state index >= 15 is 0 Å². The molecule has 0 spiro atoms. The maximum absolute atomic E-state index is 9.45. The van der Waals surface area contributed by atoms with Gasteiger partial charge in [0.05, 0.1) is 27.9 Å². The van der Waals surface area contributed by atoms with Crippen LogP contribution in [-0.2, 0) is 0 Å². The van der Waals surface area contributed by atoms with Gasteiger partial charge in [0, 0.05) is 32.0 Å². The van der Waals surface area contributed by atoms with Crippen molar-refractivity contribution in [2.75, 3.05) is 30.3 Å². The number of anilines is 2. The summed E-state index contributed by atoms with van der Waals surface area (Å²) in [5.41, 5.74) is 13.5. The number of aromatic nitrogens is 4. The Hall–Kier alpha value is -4.07. The van der Waals surface area contributed by atoms with Crippen LogP contribution in [0.3, 0.4) is 0 Å². The van der Waals surface area contributed by atoms with E-state index in [0.29, 0.717) is 17.3 Å². The van der Waals surface area contributed by atoms with Gasteiger partial charge in [-0.2, -0.15) is 20.3 Å². The quantitative estimate of drug-likeness (QED) is 0.303. The molecule has 1 saturated heterocycles. The number of nitrogens with two attached hydrogens (primary N) is 2. The first-order valence-electron chi connectivity index (χ1n) is 13.4. The minimum absolute atomic E-state index is 0.0106. The summed E-state index contributed by atoms with van der Waals surface area (Å²) in [7, 11) is 0. The van der Waals surface area contributed by atoms with Gasteiger partial charge in [-0.3, -0.25) is 10.1 Å². The van der Waals surface area contributed by atoms with Gasteiger partial charge >= 0.3 is 6.01 Å². The molecule has 5 N–H and O–H groups in total. The van der Waals surface area contributed by atoms with Gasteiger partial charge in [0.2, 0.25) is 0 Å². The number of ether oxygens (including phenoxy) is 2. The number of hydrogen-bond acceptors (Lipinski definition) is 9. The van der Waals surface area contributed by atoms with Crippen molar-refractivity contribution in [3.8, 4) is 17.8 Å². The van der Waals surface area contributed by atoms with E-state index in [1.54, 1.807) is 0 Å². The van der Waals surface area contributed by atoms with Crippen LogP contribution >= 0.6 is 0 Å². The molecule has 11 heteroatoms. The average molecular weight is 514 g/mol. The summed E-state index contributed by atoms with van der Waals surface area (Å²) < 4.78 is 12.3. The zero-order valence-electron chi connectivity index (χ0n) is 21.2. The standard InChI is InChI=1S/C27H31N9O2/c28-14-26(6-7-26)15-37-25-31-19(23(29)33-27-11-16(12-27)13-27)10-21(32-25)36-8-4-17(5-9-36)38-20-3-1-2-18-22(20)24(30)35-34-18/h1-3,10,16-17H,4-9,11-13,15H2,(H2,29,33)(H3,30,34,35). The second-order valence-electron chi connectivity index (χ2n) is 11.4. The molecule has 2 bridgehead atoms. The normalized spacial score (nSPS) is 25.8. The molecule has 11 nitrogen and oxygen atoms in total. The number of piperidine rings is 1. The second kappa shape index (κ2) is 8.48. The molecule has 196 valence electrons. The number of rotatable bonds is 8. The zero-order valence-corrected chi connectivity index (χ0v) is 21.2. The van der Waals surface area contributed by atoms with Crippen LogP contribution < -0.4 is 25.8 Å². The summed E-state index contributed by atoms with van der Waals surface area (Å²) in [4.78, 5) is 16.3. The van der Waals surface area contributed by atoms with Crippen LogP contribution in [0, 0.1) is 22.7 Å². The van der Waals surface area contributed by atoms with Crippen molar-refractivity contribution in [1.82, 2.24) is 20.2 Å². The largest absolute Gasteiger partial charge is 0.489 e. The lowest BCUT2D eigenvalue weighted by Gasteiger charge is -2.59. The molecule has 4 aliphatic carbocycles. The summed E-state index contributed by atoms with van der Waals surface area (Å²) in [5.74, 6) is 3.18. The molecule has 0 unspecified atom stereocenters. The van der Waals surface area contributed by atoms with E-state index in [1.165, 1.54) is 0 Å². The Morgan fingerprint density at radius 2 is 2.00 bits per heavy atom. The second-order valence-corrected chi connectivity index (χ2v) is 11.4. The Kier molecular flexibility index (Phi) is 5.15. The molecule has 4 saturated carbocycles. The Balaban J connectivity index is 1.08. The number of nitrogens with one attached hydrogen (secondary N) is 1. The molecule has 1 aliphatic heterocycles. The third kappa shape index (κ3) is 4.04. The highest BCUT2D eigenvalue weighted by Crippen LogP contribution is 2.59. The summed E-state index contributed by atoms with van der Waals surface area (Å²) in [6, 6.07) is 10.3. The molecule has 5 fully saturated rings. The smallest absolute Gasteiger partial charge is 0.319 e. The molecule has 5 aliphatic rings. The minimum Gasteiger partial charge on any atom is -0.489 e. The lowest BCUT2D eigenvalue weighted by molar-refractivity contribution is -0.0146. The Morgan fingerprint density at radius 1 is 1.21 bits per heavy atom. The number of fused-ring (bicyclic) bond motifs is 1. The molecule has 0 radical (unpaired) electrons. The van der Waals surface area contributed by atoms with Gasteiger partial charge in [-0.25, -0.2) is 0 Å². The first-order valence-corrected chi connectivity index (χ1v) is 13.4. The van der Waals surface area contributed by atoms with E-state index in [2.05, 4.69) is 26.2 Å². The van der Waals surface area contributed by atoms with Gasteiger partial charge < -0.3 is 25.8 Å². The summed E-state index contributed by atoms with van der Waals surface area (Å²) in [6.07, 6.45) is 6.71. The van der Waals surface area contributed by atoms with Crippen molar-refractivity contribution in [2.45, 2.75) is 56.6 Å². The van der Waals surface area contributed by atoms with E-state index in [1.807, 2.05) is 24.3 Å². The number of hydrogen-bond donors (Lipinski definition) is 3. The summed E-state index contributed by atoms with van der Waals surface area (Å²) in [6.45, 7) is 1.79. The van der Waals surface area contributed by atoms with Crippen molar-refractivity contribution in [1.29, 1.82) is 5.26 Å². The monoisotopic (exact) mass is 513 g/mol. The van der Waals surface area contributed by atoms with Gasteiger partial charge in [0.25, 0.3) is 0 Å². The topological polar surface area (TPSA) is 164 Å². The third-order valence-corrected chi connectivity index (χ3v) is 8.53. The van der Waals surface area contributed by atoms with Gasteiger partial charge in [0.15, 0.2) is 5.82 Å². The fourth-order valence-corrected chi connectivity index (χ4v) is 5.84. The number of nitrogens with zero attached hydrogens (tertiary/aromatic N) is 6. The molecule has 3 heterocycles. The Labute approximate surface area is 220 Å². The highest BCUT2D eigenvalue weighted by molar-refractivity contribution is 5.97. The van der Waals surface area contributed by atoms with Crippen molar-refractivity contribution in [3.05, 3.63) is 30.0 Å². The van der Waals surface area contributed by atoms with Crippen LogP contribution in [0.4, 0.5) is 11.6 Å². The number of aromatic amines is 1. The van der Waals surface area contributed by atoms with Gasteiger partial charge in [0.1, 0.15) is 35.8 Å². The molecule has 3 aromatic rings. The third-order valence-electron chi connectivity index (χ3n) is 8.53. The summed E-state index contributed by atoms with van der Waals surface area (Å²) >= 11 is 0. The maximum atomic E-state index is 9.45. The Bertz CT molecular complexity index is 1450. The minimum atomic E-state index is -0.415. The van der Waals surface area contributed by atoms with Crippen molar-refractivity contribution in [3.63, 3.8) is 0 Å². The SMILES string of the molecule is N#CC1(COc2nc(C(N)=NC34CC(C3)C4)cc(N3CCC(Oc4cccc5[nH]nc(N)c45)CC3)n2)CC1. The van der Waals surface area contributed by atoms with Gasteiger partial charge in [-0.05, 0) is 50.2 Å². The first kappa shape index (κ1) is 23.1. The highest BCUT2D eigenvalue weighted by Gasteiger charge is 2.57. The number of nitrogen functional groups attached to an aromatic ring is 1. The van der Waals surface area contributed by atoms with E-state index < -0.39 is 5.41 Å². The van der Waals surface area contributed by atoms with Crippen LogP contribution in [0.5, 0.6) is 11.8 Å². The molecular formula is C27H31N9O2. The van der Waals surface area contributed by atoms with Gasteiger partial charge in [-0.1, -0.05) is 6.07 Å². The molecular weight excluding hydrogens is 482 g/mol. The predicted molar refractivity (Wildman–Crippen MR) is 142 cm³/mol. The fraction of sp³-hybridized carbons (Fsp3) is 0.519. The van der Waals surface area contributed by atoms with E-state index in [0.717, 1.165) is 86.4 Å². The van der Waals surface area contributed by atoms with Crippen LogP contribution in [0.1, 0.15) is 50.6 Å². The van der Waals surface area contributed by atoms with Crippen LogP contribution in [0.2, 0.25) is 0 Å². The summed E-state index contributed by atoms with van der Waals surface area (Å²) in [5, 5.41) is 17.3. The zero-order chi connectivity index (χ0) is 25.9. The lowest BCUT2D eigenvalue weighted by atomic mass is 9.50. The van der Waals surface area contributed by atoms with E-state index in [9.17, 15) is 5.26 Å². The van der Waals surface area contributed by atoms with Crippen molar-refractivity contribution >= 4 is 28.4 Å². The molecule has 0 atom stereocenters. The Morgan fingerprint density at radius 3 is 2.68 bits per heavy atom. The molecule has 0 amide bonds. The number of H-pyrrole nitrogens is 1. The van der Waals surface area contributed by atoms with Crippen molar-refractivity contribution < 1.29 is 9.47 Å². The molecule has 2 aromatic heterocycles. The number of aliphatic imine (C=N–C) groups is 1. The number of nitriles is 1. The number of amidine groups is 1. The number of benzene rings is 1.